The lowest BCUT2D eigenvalue weighted by molar-refractivity contribution is -0.125. The average molecular weight is 155 g/mol. The Bertz CT molecular complexity index is 163. The SMILES string of the molecule is CCN1CC(=O)CCC1(C)C. The largest absolute Gasteiger partial charge is 0.298 e. The summed E-state index contributed by atoms with van der Waals surface area (Å²) in [4.78, 5) is 13.3. The van der Waals surface area contributed by atoms with Gasteiger partial charge in [0.15, 0.2) is 0 Å². The fourth-order valence-corrected chi connectivity index (χ4v) is 1.65. The lowest BCUT2D eigenvalue weighted by Crippen LogP contribution is -2.50. The van der Waals surface area contributed by atoms with Gasteiger partial charge in [0.2, 0.25) is 0 Å². The average Bonchev–Trinajstić information content (AvgIpc) is 1.94. The minimum atomic E-state index is 0.239. The van der Waals surface area contributed by atoms with Crippen LogP contribution in [0.1, 0.15) is 33.6 Å². The molecule has 0 bridgehead atoms. The normalized spacial score (nSPS) is 25.5. The van der Waals surface area contributed by atoms with Gasteiger partial charge in [-0.1, -0.05) is 6.92 Å². The van der Waals surface area contributed by atoms with Crippen LogP contribution in [0.15, 0.2) is 0 Å². The van der Waals surface area contributed by atoms with Gasteiger partial charge >= 0.3 is 0 Å². The number of likely N-dealkylation sites (N-methyl/N-ethyl adjacent to an activating group) is 1. The van der Waals surface area contributed by atoms with Crippen LogP contribution in [0.2, 0.25) is 0 Å². The van der Waals surface area contributed by atoms with Crippen molar-refractivity contribution >= 4 is 5.78 Å². The van der Waals surface area contributed by atoms with Crippen LogP contribution in [0.25, 0.3) is 0 Å². The zero-order valence-electron chi connectivity index (χ0n) is 7.68. The summed E-state index contributed by atoms with van der Waals surface area (Å²) in [7, 11) is 0. The number of ketones is 1. The summed E-state index contributed by atoms with van der Waals surface area (Å²) in [5.41, 5.74) is 0.239. The second-order valence-electron chi connectivity index (χ2n) is 3.87. The summed E-state index contributed by atoms with van der Waals surface area (Å²) >= 11 is 0. The van der Waals surface area contributed by atoms with Crippen molar-refractivity contribution in [2.45, 2.75) is 39.2 Å². The molecular formula is C9H17NO. The van der Waals surface area contributed by atoms with E-state index in [4.69, 9.17) is 0 Å². The van der Waals surface area contributed by atoms with Crippen LogP contribution in [0, 0.1) is 0 Å². The molecule has 0 unspecified atom stereocenters. The maximum atomic E-state index is 11.1. The van der Waals surface area contributed by atoms with Crippen molar-refractivity contribution in [3.05, 3.63) is 0 Å². The van der Waals surface area contributed by atoms with Gasteiger partial charge in [0.25, 0.3) is 0 Å². The first-order chi connectivity index (χ1) is 5.06. The molecule has 1 rings (SSSR count). The van der Waals surface area contributed by atoms with Crippen LogP contribution in [-0.2, 0) is 4.79 Å². The number of nitrogens with zero attached hydrogens (tertiary/aromatic N) is 1. The Kier molecular flexibility index (Phi) is 2.33. The number of carbonyl (C=O) groups excluding carboxylic acids is 1. The van der Waals surface area contributed by atoms with Crippen LogP contribution in [0.3, 0.4) is 0 Å². The zero-order chi connectivity index (χ0) is 8.48. The Balaban J connectivity index is 2.63. The number of rotatable bonds is 1. The highest BCUT2D eigenvalue weighted by atomic mass is 16.1. The van der Waals surface area contributed by atoms with Gasteiger partial charge in [-0.2, -0.15) is 0 Å². The summed E-state index contributed by atoms with van der Waals surface area (Å²) in [6, 6.07) is 0. The van der Waals surface area contributed by atoms with Gasteiger partial charge in [0.05, 0.1) is 6.54 Å². The van der Waals surface area contributed by atoms with Crippen molar-refractivity contribution in [3.8, 4) is 0 Å². The van der Waals surface area contributed by atoms with Crippen molar-refractivity contribution in [2.24, 2.45) is 0 Å². The molecule has 0 atom stereocenters. The van der Waals surface area contributed by atoms with Gasteiger partial charge in [-0.25, -0.2) is 0 Å². The first-order valence-corrected chi connectivity index (χ1v) is 4.33. The van der Waals surface area contributed by atoms with Crippen LogP contribution in [0.4, 0.5) is 0 Å². The van der Waals surface area contributed by atoms with Crippen molar-refractivity contribution < 1.29 is 4.79 Å². The monoisotopic (exact) mass is 155 g/mol. The molecule has 0 amide bonds. The maximum absolute atomic E-state index is 11.1. The highest BCUT2D eigenvalue weighted by molar-refractivity contribution is 5.81. The molecule has 11 heavy (non-hydrogen) atoms. The van der Waals surface area contributed by atoms with Crippen LogP contribution < -0.4 is 0 Å². The highest BCUT2D eigenvalue weighted by Crippen LogP contribution is 2.24. The Labute approximate surface area is 68.6 Å². The number of likely N-dealkylation sites (tertiary alicyclic amines) is 1. The maximum Gasteiger partial charge on any atom is 0.146 e. The zero-order valence-corrected chi connectivity index (χ0v) is 7.68. The predicted molar refractivity (Wildman–Crippen MR) is 45.6 cm³/mol. The van der Waals surface area contributed by atoms with Gasteiger partial charge in [-0.3, -0.25) is 9.69 Å². The van der Waals surface area contributed by atoms with E-state index in [1.54, 1.807) is 0 Å². The fourth-order valence-electron chi connectivity index (χ4n) is 1.65. The third-order valence-corrected chi connectivity index (χ3v) is 2.62. The van der Waals surface area contributed by atoms with Crippen molar-refractivity contribution in [2.75, 3.05) is 13.1 Å². The molecular weight excluding hydrogens is 138 g/mol. The van der Waals surface area contributed by atoms with Gasteiger partial charge in [0, 0.05) is 12.0 Å². The molecule has 2 heteroatoms. The predicted octanol–water partition coefficient (Wildman–Crippen LogP) is 1.45. The van der Waals surface area contributed by atoms with Gasteiger partial charge in [-0.05, 0) is 26.8 Å². The lowest BCUT2D eigenvalue weighted by Gasteiger charge is -2.41. The van der Waals surface area contributed by atoms with Crippen molar-refractivity contribution in [1.29, 1.82) is 0 Å². The van der Waals surface area contributed by atoms with E-state index in [2.05, 4.69) is 25.7 Å². The molecule has 1 saturated heterocycles. The first kappa shape index (κ1) is 8.72. The van der Waals surface area contributed by atoms with E-state index in [1.165, 1.54) is 0 Å². The molecule has 1 aliphatic heterocycles. The van der Waals surface area contributed by atoms with E-state index in [9.17, 15) is 4.79 Å². The van der Waals surface area contributed by atoms with Crippen molar-refractivity contribution in [1.82, 2.24) is 4.90 Å². The summed E-state index contributed by atoms with van der Waals surface area (Å²) in [6.07, 6.45) is 1.78. The van der Waals surface area contributed by atoms with Crippen LogP contribution in [-0.4, -0.2) is 29.3 Å². The van der Waals surface area contributed by atoms with E-state index in [-0.39, 0.29) is 5.54 Å². The number of hydrogen-bond acceptors (Lipinski definition) is 2. The molecule has 0 radical (unpaired) electrons. The molecule has 1 fully saturated rings. The molecule has 64 valence electrons. The summed E-state index contributed by atoms with van der Waals surface area (Å²) in [5, 5.41) is 0. The quantitative estimate of drug-likeness (QED) is 0.571. The van der Waals surface area contributed by atoms with Crippen LogP contribution >= 0.6 is 0 Å². The van der Waals surface area contributed by atoms with Gasteiger partial charge in [0.1, 0.15) is 5.78 Å². The molecule has 1 aliphatic rings. The number of hydrogen-bond donors (Lipinski definition) is 0. The molecule has 0 N–H and O–H groups in total. The van der Waals surface area contributed by atoms with Gasteiger partial charge < -0.3 is 0 Å². The second-order valence-corrected chi connectivity index (χ2v) is 3.87. The first-order valence-electron chi connectivity index (χ1n) is 4.33. The summed E-state index contributed by atoms with van der Waals surface area (Å²) in [6.45, 7) is 8.18. The molecule has 0 aromatic rings. The Hall–Kier alpha value is -0.370. The molecule has 0 aromatic carbocycles. The minimum absolute atomic E-state index is 0.239. The Morgan fingerprint density at radius 3 is 2.64 bits per heavy atom. The third kappa shape index (κ3) is 1.80. The van der Waals surface area contributed by atoms with E-state index < -0.39 is 0 Å². The standard InChI is InChI=1S/C9H17NO/c1-4-10-7-8(11)5-6-9(10,2)3/h4-7H2,1-3H3. The highest BCUT2D eigenvalue weighted by Gasteiger charge is 2.31. The van der Waals surface area contributed by atoms with E-state index in [1.807, 2.05) is 0 Å². The molecule has 0 saturated carbocycles. The summed E-state index contributed by atoms with van der Waals surface area (Å²) in [5.74, 6) is 0.395. The smallest absolute Gasteiger partial charge is 0.146 e. The van der Waals surface area contributed by atoms with Gasteiger partial charge in [-0.15, -0.1) is 0 Å². The minimum Gasteiger partial charge on any atom is -0.298 e. The van der Waals surface area contributed by atoms with E-state index in [0.29, 0.717) is 12.3 Å². The molecule has 2 nitrogen and oxygen atoms in total. The van der Waals surface area contributed by atoms with Crippen molar-refractivity contribution in [3.63, 3.8) is 0 Å². The topological polar surface area (TPSA) is 20.3 Å². The second kappa shape index (κ2) is 2.94. The van der Waals surface area contributed by atoms with E-state index in [0.717, 1.165) is 19.4 Å². The molecule has 0 spiro atoms. The lowest BCUT2D eigenvalue weighted by atomic mass is 9.90. The Morgan fingerprint density at radius 1 is 1.55 bits per heavy atom. The summed E-state index contributed by atoms with van der Waals surface area (Å²) < 4.78 is 0. The number of carbonyl (C=O) groups is 1. The third-order valence-electron chi connectivity index (χ3n) is 2.62. The number of Topliss-reactive ketones (excluding diaryl/α,β-unsaturated/α-hetero) is 1. The fraction of sp³-hybridized carbons (Fsp3) is 0.889. The molecule has 0 aliphatic carbocycles. The Morgan fingerprint density at radius 2 is 2.18 bits per heavy atom. The molecule has 0 aromatic heterocycles. The van der Waals surface area contributed by atoms with E-state index >= 15 is 0 Å². The van der Waals surface area contributed by atoms with Crippen LogP contribution in [0.5, 0.6) is 0 Å². The molecule has 1 heterocycles. The number of piperidine rings is 1.